The largest absolute Gasteiger partial charge is 0.507 e. The molecule has 27 heavy (non-hydrogen) atoms. The first-order chi connectivity index (χ1) is 13.1. The van der Waals surface area contributed by atoms with E-state index >= 15 is 0 Å². The van der Waals surface area contributed by atoms with Crippen molar-refractivity contribution in [1.29, 1.82) is 0 Å². The quantitative estimate of drug-likeness (QED) is 0.575. The number of hydrogen-bond acceptors (Lipinski definition) is 3. The lowest BCUT2D eigenvalue weighted by molar-refractivity contribution is 0.0937. The Morgan fingerprint density at radius 2 is 1.78 bits per heavy atom. The predicted octanol–water partition coefficient (Wildman–Crippen LogP) is 4.22. The summed E-state index contributed by atoms with van der Waals surface area (Å²) in [4.78, 5) is 16.7. The number of nitrogens with one attached hydrogen (secondary N) is 1. The highest BCUT2D eigenvalue weighted by Crippen LogP contribution is 2.26. The van der Waals surface area contributed by atoms with Gasteiger partial charge in [0.25, 0.3) is 5.91 Å². The van der Waals surface area contributed by atoms with Gasteiger partial charge in [0.05, 0.1) is 17.9 Å². The number of fused-ring (bicyclic) bond motifs is 1. The normalized spacial score (nSPS) is 12.0. The van der Waals surface area contributed by atoms with Crippen LogP contribution < -0.4 is 5.32 Å². The van der Waals surface area contributed by atoms with Crippen molar-refractivity contribution in [2.75, 3.05) is 0 Å². The molecular formula is C22H19N3O2. The van der Waals surface area contributed by atoms with E-state index in [2.05, 4.69) is 10.3 Å². The molecule has 5 heteroatoms. The predicted molar refractivity (Wildman–Crippen MR) is 105 cm³/mol. The van der Waals surface area contributed by atoms with Crippen LogP contribution in [0.25, 0.3) is 16.5 Å². The summed E-state index contributed by atoms with van der Waals surface area (Å²) in [6, 6.07) is 18.7. The molecule has 1 aromatic heterocycles. The van der Waals surface area contributed by atoms with Gasteiger partial charge in [-0.2, -0.15) is 0 Å². The molecule has 0 saturated heterocycles. The number of phenolic OH excluding ortho intramolecular Hbond substituents is 1. The maximum absolute atomic E-state index is 12.7. The van der Waals surface area contributed by atoms with E-state index in [4.69, 9.17) is 0 Å². The van der Waals surface area contributed by atoms with Crippen molar-refractivity contribution in [3.63, 3.8) is 0 Å². The summed E-state index contributed by atoms with van der Waals surface area (Å²) in [6.45, 7) is 1.92. The van der Waals surface area contributed by atoms with Crippen LogP contribution in [0.4, 0.5) is 0 Å². The average Bonchev–Trinajstić information content (AvgIpc) is 3.22. The molecule has 0 spiro atoms. The molecule has 0 aliphatic rings. The van der Waals surface area contributed by atoms with Gasteiger partial charge < -0.3 is 15.0 Å². The second-order valence-corrected chi connectivity index (χ2v) is 6.47. The SMILES string of the molecule is C[C@H](NC(=O)c1cc2ccccc2cc1O)c1ccc(-n2ccnc2)cc1. The van der Waals surface area contributed by atoms with Gasteiger partial charge in [0.15, 0.2) is 0 Å². The molecule has 4 aromatic rings. The van der Waals surface area contributed by atoms with Crippen LogP contribution >= 0.6 is 0 Å². The highest BCUT2D eigenvalue weighted by Gasteiger charge is 2.16. The Labute approximate surface area is 156 Å². The van der Waals surface area contributed by atoms with Crippen molar-refractivity contribution in [3.8, 4) is 11.4 Å². The number of hydrogen-bond donors (Lipinski definition) is 2. The van der Waals surface area contributed by atoms with E-state index in [-0.39, 0.29) is 23.3 Å². The number of carbonyl (C=O) groups is 1. The number of carbonyl (C=O) groups excluding carboxylic acids is 1. The molecule has 0 fully saturated rings. The van der Waals surface area contributed by atoms with Crippen LogP contribution in [0.15, 0.2) is 79.4 Å². The third kappa shape index (κ3) is 3.40. The molecule has 0 radical (unpaired) electrons. The second kappa shape index (κ2) is 6.96. The molecule has 0 saturated carbocycles. The van der Waals surface area contributed by atoms with E-state index in [0.717, 1.165) is 22.0 Å². The molecule has 1 heterocycles. The monoisotopic (exact) mass is 357 g/mol. The van der Waals surface area contributed by atoms with Crippen LogP contribution in [0.2, 0.25) is 0 Å². The molecule has 1 amide bonds. The Morgan fingerprint density at radius 3 is 2.44 bits per heavy atom. The summed E-state index contributed by atoms with van der Waals surface area (Å²) < 4.78 is 1.92. The summed E-state index contributed by atoms with van der Waals surface area (Å²) in [5, 5.41) is 15.0. The number of imidazole rings is 1. The fourth-order valence-corrected chi connectivity index (χ4v) is 3.11. The van der Waals surface area contributed by atoms with Gasteiger partial charge in [-0.3, -0.25) is 4.79 Å². The molecule has 0 aliphatic carbocycles. The second-order valence-electron chi connectivity index (χ2n) is 6.47. The first kappa shape index (κ1) is 16.8. The number of phenols is 1. The minimum Gasteiger partial charge on any atom is -0.507 e. The van der Waals surface area contributed by atoms with Crippen LogP contribution in [-0.4, -0.2) is 20.6 Å². The molecule has 3 aromatic carbocycles. The highest BCUT2D eigenvalue weighted by atomic mass is 16.3. The number of nitrogens with zero attached hydrogens (tertiary/aromatic N) is 2. The average molecular weight is 357 g/mol. The third-order valence-corrected chi connectivity index (χ3v) is 4.65. The van der Waals surface area contributed by atoms with E-state index in [1.54, 1.807) is 24.7 Å². The van der Waals surface area contributed by atoms with E-state index < -0.39 is 0 Å². The Bertz CT molecular complexity index is 1090. The Kier molecular flexibility index (Phi) is 4.34. The minimum absolute atomic E-state index is 0.0196. The molecule has 2 N–H and O–H groups in total. The van der Waals surface area contributed by atoms with Gasteiger partial charge in [-0.1, -0.05) is 36.4 Å². The van der Waals surface area contributed by atoms with Crippen LogP contribution in [0, 0.1) is 0 Å². The standard InChI is InChI=1S/C22H19N3O2/c1-15(16-6-8-19(9-7-16)25-11-10-23-14-25)24-22(27)20-12-17-4-2-3-5-18(17)13-21(20)26/h2-15,26H,1H3,(H,24,27)/t15-/m0/s1. The summed E-state index contributed by atoms with van der Waals surface area (Å²) in [7, 11) is 0. The topological polar surface area (TPSA) is 67.2 Å². The molecule has 0 unspecified atom stereocenters. The van der Waals surface area contributed by atoms with Gasteiger partial charge in [0.2, 0.25) is 0 Å². The number of amides is 1. The Morgan fingerprint density at radius 1 is 1.07 bits per heavy atom. The lowest BCUT2D eigenvalue weighted by atomic mass is 10.0. The lowest BCUT2D eigenvalue weighted by Gasteiger charge is -2.16. The minimum atomic E-state index is -0.301. The maximum Gasteiger partial charge on any atom is 0.255 e. The van der Waals surface area contributed by atoms with Gasteiger partial charge >= 0.3 is 0 Å². The number of aromatic nitrogens is 2. The first-order valence-electron chi connectivity index (χ1n) is 8.73. The third-order valence-electron chi connectivity index (χ3n) is 4.65. The van der Waals surface area contributed by atoms with Crippen molar-refractivity contribution in [3.05, 3.63) is 90.5 Å². The number of benzene rings is 3. The van der Waals surface area contributed by atoms with E-state index in [9.17, 15) is 9.90 Å². The zero-order valence-electron chi connectivity index (χ0n) is 14.8. The highest BCUT2D eigenvalue weighted by molar-refractivity contribution is 6.01. The summed E-state index contributed by atoms with van der Waals surface area (Å²) in [5.74, 6) is -0.321. The fourth-order valence-electron chi connectivity index (χ4n) is 3.11. The molecule has 4 rings (SSSR count). The van der Waals surface area contributed by atoms with Crippen LogP contribution in [0.5, 0.6) is 5.75 Å². The molecule has 0 aliphatic heterocycles. The molecule has 134 valence electrons. The van der Waals surface area contributed by atoms with Crippen molar-refractivity contribution < 1.29 is 9.90 Å². The first-order valence-corrected chi connectivity index (χ1v) is 8.73. The summed E-state index contributed by atoms with van der Waals surface area (Å²) in [5.41, 5.74) is 2.25. The van der Waals surface area contributed by atoms with Crippen LogP contribution in [0.1, 0.15) is 28.9 Å². The molecule has 0 bridgehead atoms. The summed E-state index contributed by atoms with van der Waals surface area (Å²) in [6.07, 6.45) is 5.35. The van der Waals surface area contributed by atoms with Gasteiger partial charge in [-0.15, -0.1) is 0 Å². The lowest BCUT2D eigenvalue weighted by Crippen LogP contribution is -2.26. The van der Waals surface area contributed by atoms with Crippen molar-refractivity contribution in [2.24, 2.45) is 0 Å². The van der Waals surface area contributed by atoms with Gasteiger partial charge in [-0.25, -0.2) is 4.98 Å². The van der Waals surface area contributed by atoms with Crippen molar-refractivity contribution >= 4 is 16.7 Å². The summed E-state index contributed by atoms with van der Waals surface area (Å²) >= 11 is 0. The van der Waals surface area contributed by atoms with Crippen LogP contribution in [0.3, 0.4) is 0 Å². The maximum atomic E-state index is 12.7. The van der Waals surface area contributed by atoms with Gasteiger partial charge in [-0.05, 0) is 47.5 Å². The molecule has 1 atom stereocenters. The van der Waals surface area contributed by atoms with Crippen LogP contribution in [-0.2, 0) is 0 Å². The number of aromatic hydroxyl groups is 1. The zero-order chi connectivity index (χ0) is 18.8. The van der Waals surface area contributed by atoms with E-state index in [0.29, 0.717) is 0 Å². The van der Waals surface area contributed by atoms with Gasteiger partial charge in [0.1, 0.15) is 5.75 Å². The van der Waals surface area contributed by atoms with E-state index in [1.165, 1.54) is 0 Å². The Balaban J connectivity index is 1.53. The molecule has 5 nitrogen and oxygen atoms in total. The van der Waals surface area contributed by atoms with E-state index in [1.807, 2.05) is 66.2 Å². The zero-order valence-corrected chi connectivity index (χ0v) is 14.8. The fraction of sp³-hybridized carbons (Fsp3) is 0.0909. The van der Waals surface area contributed by atoms with Gasteiger partial charge in [0, 0.05) is 18.1 Å². The smallest absolute Gasteiger partial charge is 0.255 e. The van der Waals surface area contributed by atoms with Crippen molar-refractivity contribution in [2.45, 2.75) is 13.0 Å². The van der Waals surface area contributed by atoms with Crippen molar-refractivity contribution in [1.82, 2.24) is 14.9 Å². The Hall–Kier alpha value is -3.60. The number of rotatable bonds is 4. The molecular weight excluding hydrogens is 338 g/mol.